The van der Waals surface area contributed by atoms with Gasteiger partial charge in [-0.2, -0.15) is 0 Å². The maximum Gasteiger partial charge on any atom is 0.0107 e. The van der Waals surface area contributed by atoms with E-state index in [9.17, 15) is 0 Å². The van der Waals surface area contributed by atoms with Crippen molar-refractivity contribution in [3.8, 4) is 0 Å². The predicted octanol–water partition coefficient (Wildman–Crippen LogP) is 10.4. The molecule has 0 amide bonds. The van der Waals surface area contributed by atoms with E-state index >= 15 is 0 Å². The number of nitrogens with one attached hydrogen (secondary N) is 1. The van der Waals surface area contributed by atoms with Crippen molar-refractivity contribution in [1.82, 2.24) is 10.2 Å². The summed E-state index contributed by atoms with van der Waals surface area (Å²) in [5.74, 6) is 0.833. The van der Waals surface area contributed by atoms with E-state index in [1.54, 1.807) is 6.08 Å². The number of hydrogen-bond donors (Lipinski definition) is 1. The Kier molecular flexibility index (Phi) is 71.5. The van der Waals surface area contributed by atoms with Gasteiger partial charge < -0.3 is 10.2 Å². The fraction of sp³-hybridized carbons (Fsp3) is 0.636. The fourth-order valence-corrected chi connectivity index (χ4v) is 1.79. The van der Waals surface area contributed by atoms with Crippen molar-refractivity contribution >= 4 is 0 Å². The van der Waals surface area contributed by atoms with Gasteiger partial charge in [0.05, 0.1) is 0 Å². The highest BCUT2D eigenvalue weighted by atomic mass is 15.1. The maximum atomic E-state index is 3.63. The van der Waals surface area contributed by atoms with E-state index in [4.69, 9.17) is 0 Å². The minimum absolute atomic E-state index is 0.833. The number of rotatable bonds is 12. The van der Waals surface area contributed by atoms with Crippen molar-refractivity contribution < 1.29 is 0 Å². The molecule has 35 heavy (non-hydrogen) atoms. The first kappa shape index (κ1) is 46.7. The van der Waals surface area contributed by atoms with Gasteiger partial charge in [-0.15, -0.1) is 6.58 Å². The zero-order valence-electron chi connectivity index (χ0n) is 26.6. The molecule has 0 aromatic rings. The molecule has 0 fully saturated rings. The predicted molar refractivity (Wildman–Crippen MR) is 172 cm³/mol. The Labute approximate surface area is 225 Å². The van der Waals surface area contributed by atoms with Crippen molar-refractivity contribution in [2.24, 2.45) is 5.92 Å². The van der Waals surface area contributed by atoms with Crippen LogP contribution >= 0.6 is 0 Å². The molecule has 2 nitrogen and oxygen atoms in total. The second-order valence-corrected chi connectivity index (χ2v) is 7.41. The molecule has 0 saturated heterocycles. The lowest BCUT2D eigenvalue weighted by Gasteiger charge is -2.17. The lowest BCUT2D eigenvalue weighted by atomic mass is 10.1. The van der Waals surface area contributed by atoms with Crippen LogP contribution in [0.4, 0.5) is 0 Å². The Balaban J connectivity index is -0.0000000841. The zero-order valence-corrected chi connectivity index (χ0v) is 26.6. The first-order valence-corrected chi connectivity index (χ1v) is 14.2. The molecule has 0 unspecified atom stereocenters. The summed E-state index contributed by atoms with van der Waals surface area (Å²) in [6.45, 7) is 40.1. The standard InChI is InChI=1S/C13H18.C8H20N2.C4H10.C4H8.2C2H6/c1-4-7-9-10-12-13(6-3)11-8-5-2;1-4-9-7-8-10(5-2)6-3;1-4(2)3;1-3-4-2;2*1-2/h4-5,7-12H,2,6H2,1,3H3;9H,4-8H2,1-3H3;4H,1-3H3;3H,1,4H2,2H3;2*1-2H3/b7-4-,10-9-,11-8-,13-12+;;;;;. The van der Waals surface area contributed by atoms with Gasteiger partial charge in [-0.1, -0.05) is 144 Å². The van der Waals surface area contributed by atoms with Crippen LogP contribution in [-0.2, 0) is 0 Å². The largest absolute Gasteiger partial charge is 0.316 e. The van der Waals surface area contributed by atoms with E-state index in [1.807, 2.05) is 71.1 Å². The molecule has 210 valence electrons. The van der Waals surface area contributed by atoms with E-state index < -0.39 is 0 Å². The van der Waals surface area contributed by atoms with Crippen LogP contribution in [-0.4, -0.2) is 37.6 Å². The summed E-state index contributed by atoms with van der Waals surface area (Å²) in [6.07, 6.45) is 20.0. The molecule has 0 atom stereocenters. The van der Waals surface area contributed by atoms with Gasteiger partial charge in [0.1, 0.15) is 0 Å². The minimum atomic E-state index is 0.833. The van der Waals surface area contributed by atoms with E-state index in [0.717, 1.165) is 31.8 Å². The highest BCUT2D eigenvalue weighted by Gasteiger charge is 1.95. The van der Waals surface area contributed by atoms with Gasteiger partial charge in [0, 0.05) is 13.1 Å². The molecule has 0 spiro atoms. The van der Waals surface area contributed by atoms with Gasteiger partial charge in [0.25, 0.3) is 0 Å². The highest BCUT2D eigenvalue weighted by Crippen LogP contribution is 2.02. The topological polar surface area (TPSA) is 15.3 Å². The van der Waals surface area contributed by atoms with Crippen LogP contribution in [0.15, 0.2) is 73.4 Å². The third-order valence-corrected chi connectivity index (χ3v) is 3.62. The molecule has 0 aromatic carbocycles. The molecular weight excluding hydrogens is 424 g/mol. The lowest BCUT2D eigenvalue weighted by Crippen LogP contribution is -2.31. The van der Waals surface area contributed by atoms with Gasteiger partial charge >= 0.3 is 0 Å². The van der Waals surface area contributed by atoms with Gasteiger partial charge in [0.2, 0.25) is 0 Å². The average molecular weight is 493 g/mol. The summed E-state index contributed by atoms with van der Waals surface area (Å²) in [7, 11) is 0. The van der Waals surface area contributed by atoms with Gasteiger partial charge in [-0.3, -0.25) is 0 Å². The van der Waals surface area contributed by atoms with Gasteiger partial charge in [-0.05, 0) is 50.9 Å². The van der Waals surface area contributed by atoms with Crippen LogP contribution in [0, 0.1) is 5.92 Å². The molecule has 1 N–H and O–H groups in total. The number of nitrogens with zero attached hydrogens (tertiary/aromatic N) is 1. The third kappa shape index (κ3) is 72.0. The third-order valence-electron chi connectivity index (χ3n) is 3.62. The van der Waals surface area contributed by atoms with Crippen molar-refractivity contribution in [3.05, 3.63) is 73.4 Å². The van der Waals surface area contributed by atoms with E-state index in [1.165, 1.54) is 25.2 Å². The summed E-state index contributed by atoms with van der Waals surface area (Å²) < 4.78 is 0. The van der Waals surface area contributed by atoms with Crippen LogP contribution in [0.25, 0.3) is 0 Å². The molecule has 0 aliphatic rings. The van der Waals surface area contributed by atoms with Crippen LogP contribution in [0.3, 0.4) is 0 Å². The normalized spacial score (nSPS) is 10.2. The SMILES string of the molecule is C=CCC.C=C\C=C/C(=C/C=C\C=C/C)CC.CC.CC.CC(C)C.CCNCCN(CC)CC. The lowest BCUT2D eigenvalue weighted by molar-refractivity contribution is 0.303. The summed E-state index contributed by atoms with van der Waals surface area (Å²) in [4.78, 5) is 2.42. The summed E-state index contributed by atoms with van der Waals surface area (Å²) in [6, 6.07) is 0. The second kappa shape index (κ2) is 53.6. The first-order chi connectivity index (χ1) is 16.8. The van der Waals surface area contributed by atoms with Crippen LogP contribution in [0.2, 0.25) is 0 Å². The number of allylic oxidation sites excluding steroid dienone is 10. The Hall–Kier alpha value is -1.64. The smallest absolute Gasteiger partial charge is 0.0107 e. The molecule has 2 heteroatoms. The number of likely N-dealkylation sites (N-methyl/N-ethyl adjacent to an activating group) is 2. The Morgan fingerprint density at radius 3 is 1.63 bits per heavy atom. The second-order valence-electron chi connectivity index (χ2n) is 7.41. The Morgan fingerprint density at radius 2 is 1.31 bits per heavy atom. The number of hydrogen-bond acceptors (Lipinski definition) is 2. The van der Waals surface area contributed by atoms with E-state index in [2.05, 4.69) is 90.9 Å². The summed E-state index contributed by atoms with van der Waals surface area (Å²) in [5, 5.41) is 3.31. The van der Waals surface area contributed by atoms with Crippen molar-refractivity contribution in [2.75, 3.05) is 32.7 Å². The molecule has 0 rings (SSSR count). The molecule has 0 saturated carbocycles. The monoisotopic (exact) mass is 493 g/mol. The van der Waals surface area contributed by atoms with Crippen LogP contribution in [0.5, 0.6) is 0 Å². The molecule has 0 heterocycles. The summed E-state index contributed by atoms with van der Waals surface area (Å²) >= 11 is 0. The molecule has 0 radical (unpaired) electrons. The van der Waals surface area contributed by atoms with Crippen LogP contribution in [0.1, 0.15) is 103 Å². The fourth-order valence-electron chi connectivity index (χ4n) is 1.79. The van der Waals surface area contributed by atoms with Crippen molar-refractivity contribution in [2.45, 2.75) is 103 Å². The van der Waals surface area contributed by atoms with Crippen molar-refractivity contribution in [1.29, 1.82) is 0 Å². The zero-order chi connectivity index (χ0) is 28.8. The van der Waals surface area contributed by atoms with Crippen LogP contribution < -0.4 is 5.32 Å². The highest BCUT2D eigenvalue weighted by molar-refractivity contribution is 5.26. The van der Waals surface area contributed by atoms with Gasteiger partial charge in [-0.25, -0.2) is 0 Å². The quantitative estimate of drug-likeness (QED) is 0.165. The van der Waals surface area contributed by atoms with Crippen molar-refractivity contribution in [3.63, 3.8) is 0 Å². The summed E-state index contributed by atoms with van der Waals surface area (Å²) in [5.41, 5.74) is 1.31. The van der Waals surface area contributed by atoms with E-state index in [0.29, 0.717) is 0 Å². The molecule has 0 aliphatic heterocycles. The maximum absolute atomic E-state index is 3.63. The van der Waals surface area contributed by atoms with E-state index in [-0.39, 0.29) is 0 Å². The Bertz CT molecular complexity index is 447. The minimum Gasteiger partial charge on any atom is -0.316 e. The molecule has 0 bridgehead atoms. The molecular formula is C33H68N2. The first-order valence-electron chi connectivity index (χ1n) is 14.2. The van der Waals surface area contributed by atoms with Gasteiger partial charge in [0.15, 0.2) is 0 Å². The molecule has 0 aliphatic carbocycles. The molecule has 0 aromatic heterocycles. The average Bonchev–Trinajstić information content (AvgIpc) is 2.89. The Morgan fingerprint density at radius 1 is 0.829 bits per heavy atom.